The topological polar surface area (TPSA) is 28.7 Å². The molecule has 102 valence electrons. The van der Waals surface area contributed by atoms with Gasteiger partial charge in [0.05, 0.1) is 11.0 Å². The van der Waals surface area contributed by atoms with Crippen molar-refractivity contribution in [2.45, 2.75) is 13.8 Å². The Kier molecular flexibility index (Phi) is 2.58. The molecule has 0 radical (unpaired) electrons. The van der Waals surface area contributed by atoms with Gasteiger partial charge < -0.3 is 4.98 Å². The van der Waals surface area contributed by atoms with Crippen LogP contribution in [0.15, 0.2) is 54.6 Å². The summed E-state index contributed by atoms with van der Waals surface area (Å²) in [5, 5.41) is 1.19. The minimum Gasteiger partial charge on any atom is -0.353 e. The summed E-state index contributed by atoms with van der Waals surface area (Å²) in [4.78, 5) is 8.32. The predicted molar refractivity (Wildman–Crippen MR) is 88.5 cm³/mol. The van der Waals surface area contributed by atoms with Gasteiger partial charge in [0, 0.05) is 22.2 Å². The number of H-pyrrole nitrogens is 1. The number of para-hydroxylation sites is 1. The van der Waals surface area contributed by atoms with Crippen molar-refractivity contribution in [1.82, 2.24) is 9.97 Å². The van der Waals surface area contributed by atoms with E-state index in [9.17, 15) is 0 Å². The van der Waals surface area contributed by atoms with E-state index in [2.05, 4.69) is 67.4 Å². The number of nitrogens with one attached hydrogen (secondary N) is 1. The van der Waals surface area contributed by atoms with Crippen LogP contribution in [0.3, 0.4) is 0 Å². The van der Waals surface area contributed by atoms with Crippen LogP contribution >= 0.6 is 0 Å². The lowest BCUT2D eigenvalue weighted by molar-refractivity contribution is 1.25. The van der Waals surface area contributed by atoms with E-state index in [0.717, 1.165) is 22.2 Å². The summed E-state index contributed by atoms with van der Waals surface area (Å²) in [7, 11) is 0. The van der Waals surface area contributed by atoms with Crippen LogP contribution in [0.1, 0.15) is 11.3 Å². The zero-order chi connectivity index (χ0) is 14.4. The average molecular weight is 272 g/mol. The molecule has 0 bridgehead atoms. The van der Waals surface area contributed by atoms with Gasteiger partial charge in [-0.2, -0.15) is 0 Å². The molecule has 2 aromatic heterocycles. The van der Waals surface area contributed by atoms with Gasteiger partial charge in [0.15, 0.2) is 0 Å². The molecular formula is C19H16N2. The van der Waals surface area contributed by atoms with Gasteiger partial charge in [-0.1, -0.05) is 42.5 Å². The molecule has 0 spiro atoms. The molecule has 4 rings (SSSR count). The van der Waals surface area contributed by atoms with Crippen LogP contribution in [0, 0.1) is 13.8 Å². The molecule has 4 aromatic rings. The molecule has 0 unspecified atom stereocenters. The standard InChI is InChI=1S/C19H16N2/c1-12-7-3-4-8-14(12)16-11-18-19(20-13(16)2)15-9-5-6-10-17(15)21-18/h3-11,21H,1-2H3. The van der Waals surface area contributed by atoms with Crippen LogP contribution < -0.4 is 0 Å². The number of fused-ring (bicyclic) bond motifs is 3. The summed E-state index contributed by atoms with van der Waals surface area (Å²) in [5.41, 5.74) is 8.09. The highest BCUT2D eigenvalue weighted by molar-refractivity contribution is 6.05. The molecular weight excluding hydrogens is 256 g/mol. The maximum Gasteiger partial charge on any atom is 0.0961 e. The summed E-state index contributed by atoms with van der Waals surface area (Å²) < 4.78 is 0. The number of nitrogens with zero attached hydrogens (tertiary/aromatic N) is 1. The molecule has 0 aliphatic carbocycles. The largest absolute Gasteiger partial charge is 0.353 e. The second kappa shape index (κ2) is 4.45. The number of hydrogen-bond donors (Lipinski definition) is 1. The second-order valence-corrected chi connectivity index (χ2v) is 5.50. The zero-order valence-electron chi connectivity index (χ0n) is 12.1. The van der Waals surface area contributed by atoms with Crippen LogP contribution in [0.4, 0.5) is 0 Å². The molecule has 0 amide bonds. The third-order valence-corrected chi connectivity index (χ3v) is 4.10. The molecule has 21 heavy (non-hydrogen) atoms. The van der Waals surface area contributed by atoms with Gasteiger partial charge in [-0.15, -0.1) is 0 Å². The minimum absolute atomic E-state index is 1.06. The Morgan fingerprint density at radius 3 is 2.43 bits per heavy atom. The van der Waals surface area contributed by atoms with E-state index in [0.29, 0.717) is 0 Å². The first-order chi connectivity index (χ1) is 10.2. The summed E-state index contributed by atoms with van der Waals surface area (Å²) in [6.07, 6.45) is 0. The van der Waals surface area contributed by atoms with Crippen molar-refractivity contribution in [3.05, 3.63) is 65.9 Å². The van der Waals surface area contributed by atoms with Crippen LogP contribution in [0.5, 0.6) is 0 Å². The first kappa shape index (κ1) is 12.2. The molecule has 2 aromatic carbocycles. The fraction of sp³-hybridized carbons (Fsp3) is 0.105. The number of pyridine rings is 1. The van der Waals surface area contributed by atoms with E-state index in [-0.39, 0.29) is 0 Å². The van der Waals surface area contributed by atoms with Crippen molar-refractivity contribution >= 4 is 21.9 Å². The van der Waals surface area contributed by atoms with E-state index >= 15 is 0 Å². The Hall–Kier alpha value is -2.61. The van der Waals surface area contributed by atoms with Crippen molar-refractivity contribution in [2.24, 2.45) is 0 Å². The first-order valence-corrected chi connectivity index (χ1v) is 7.18. The lowest BCUT2D eigenvalue weighted by atomic mass is 9.99. The predicted octanol–water partition coefficient (Wildman–Crippen LogP) is 5.00. The van der Waals surface area contributed by atoms with Crippen molar-refractivity contribution in [2.75, 3.05) is 0 Å². The van der Waals surface area contributed by atoms with Crippen LogP contribution in [-0.4, -0.2) is 9.97 Å². The summed E-state index contributed by atoms with van der Waals surface area (Å²) in [6.45, 7) is 4.23. The fourth-order valence-corrected chi connectivity index (χ4v) is 3.00. The Morgan fingerprint density at radius 2 is 1.57 bits per heavy atom. The molecule has 0 aliphatic heterocycles. The van der Waals surface area contributed by atoms with Crippen molar-refractivity contribution < 1.29 is 0 Å². The third-order valence-electron chi connectivity index (χ3n) is 4.10. The summed E-state index contributed by atoms with van der Waals surface area (Å²) in [5.74, 6) is 0. The fourth-order valence-electron chi connectivity index (χ4n) is 3.00. The van der Waals surface area contributed by atoms with Crippen molar-refractivity contribution in [3.8, 4) is 11.1 Å². The molecule has 0 atom stereocenters. The quantitative estimate of drug-likeness (QED) is 0.519. The Balaban J connectivity index is 2.06. The Morgan fingerprint density at radius 1 is 0.810 bits per heavy atom. The number of aromatic nitrogens is 2. The van der Waals surface area contributed by atoms with E-state index in [1.54, 1.807) is 0 Å². The maximum absolute atomic E-state index is 4.85. The SMILES string of the molecule is Cc1ccccc1-c1cc2[nH]c3ccccc3c2nc1C. The number of aromatic amines is 1. The Bertz CT molecular complexity index is 964. The second-order valence-electron chi connectivity index (χ2n) is 5.50. The van der Waals surface area contributed by atoms with Crippen LogP contribution in [0.25, 0.3) is 33.1 Å². The molecule has 2 heteroatoms. The van der Waals surface area contributed by atoms with Gasteiger partial charge in [0.2, 0.25) is 0 Å². The van der Waals surface area contributed by atoms with Crippen molar-refractivity contribution in [3.63, 3.8) is 0 Å². The van der Waals surface area contributed by atoms with E-state index < -0.39 is 0 Å². The molecule has 0 aliphatic rings. The van der Waals surface area contributed by atoms with E-state index in [1.165, 1.54) is 22.1 Å². The van der Waals surface area contributed by atoms with Gasteiger partial charge in [-0.3, -0.25) is 4.98 Å². The molecule has 2 heterocycles. The monoisotopic (exact) mass is 272 g/mol. The number of aryl methyl sites for hydroxylation is 2. The molecule has 0 fully saturated rings. The third kappa shape index (κ3) is 1.83. The number of hydrogen-bond acceptors (Lipinski definition) is 1. The average Bonchev–Trinajstić information content (AvgIpc) is 2.85. The smallest absolute Gasteiger partial charge is 0.0961 e. The van der Waals surface area contributed by atoms with Gasteiger partial charge in [-0.05, 0) is 37.1 Å². The zero-order valence-corrected chi connectivity index (χ0v) is 12.1. The van der Waals surface area contributed by atoms with E-state index in [4.69, 9.17) is 4.98 Å². The van der Waals surface area contributed by atoms with Crippen LogP contribution in [-0.2, 0) is 0 Å². The minimum atomic E-state index is 1.06. The van der Waals surface area contributed by atoms with Crippen molar-refractivity contribution in [1.29, 1.82) is 0 Å². The summed E-state index contributed by atoms with van der Waals surface area (Å²) >= 11 is 0. The highest BCUT2D eigenvalue weighted by Gasteiger charge is 2.11. The van der Waals surface area contributed by atoms with Gasteiger partial charge in [-0.25, -0.2) is 0 Å². The lowest BCUT2D eigenvalue weighted by Crippen LogP contribution is -1.90. The maximum atomic E-state index is 4.85. The molecule has 2 nitrogen and oxygen atoms in total. The van der Waals surface area contributed by atoms with Gasteiger partial charge >= 0.3 is 0 Å². The van der Waals surface area contributed by atoms with E-state index in [1.807, 2.05) is 6.07 Å². The normalized spacial score (nSPS) is 11.3. The Labute approximate surface area is 123 Å². The molecule has 0 saturated heterocycles. The molecule has 1 N–H and O–H groups in total. The first-order valence-electron chi connectivity index (χ1n) is 7.18. The number of rotatable bonds is 1. The highest BCUT2D eigenvalue weighted by Crippen LogP contribution is 2.31. The lowest BCUT2D eigenvalue weighted by Gasteiger charge is -2.09. The highest BCUT2D eigenvalue weighted by atomic mass is 14.8. The van der Waals surface area contributed by atoms with Crippen LogP contribution in [0.2, 0.25) is 0 Å². The summed E-state index contributed by atoms with van der Waals surface area (Å²) in [6, 6.07) is 19.0. The van der Waals surface area contributed by atoms with Gasteiger partial charge in [0.25, 0.3) is 0 Å². The number of benzene rings is 2. The van der Waals surface area contributed by atoms with Gasteiger partial charge in [0.1, 0.15) is 0 Å². The molecule has 0 saturated carbocycles.